The van der Waals surface area contributed by atoms with E-state index in [2.05, 4.69) is 20.2 Å². The number of hydrogen-bond acceptors (Lipinski definition) is 5. The normalized spacial score (nSPS) is 15.3. The molecule has 1 aliphatic heterocycles. The molecule has 4 rings (SSSR count). The van der Waals surface area contributed by atoms with Crippen molar-refractivity contribution in [2.24, 2.45) is 0 Å². The number of esters is 1. The number of likely N-dealkylation sites (tertiary alicyclic amines) is 1. The smallest absolute Gasteiger partial charge is 0.416 e. The van der Waals surface area contributed by atoms with Crippen LogP contribution in [0, 0.1) is 6.92 Å². The summed E-state index contributed by atoms with van der Waals surface area (Å²) in [6.07, 6.45) is -2.33. The number of halogens is 3. The Labute approximate surface area is 202 Å². The van der Waals surface area contributed by atoms with Gasteiger partial charge in [-0.05, 0) is 49.6 Å². The molecule has 6 nitrogen and oxygen atoms in total. The number of carbonyl (C=O) groups is 1. The van der Waals surface area contributed by atoms with Crippen LogP contribution in [-0.2, 0) is 24.0 Å². The molecule has 2 aromatic carbocycles. The van der Waals surface area contributed by atoms with E-state index in [1.165, 1.54) is 19.2 Å². The molecule has 0 saturated carbocycles. The fraction of sp³-hybridized carbons (Fsp3) is 0.385. The molecule has 0 radical (unpaired) electrons. The summed E-state index contributed by atoms with van der Waals surface area (Å²) in [5, 5.41) is 3.59. The molecule has 1 saturated heterocycles. The van der Waals surface area contributed by atoms with E-state index in [0.29, 0.717) is 29.5 Å². The average Bonchev–Trinajstić information content (AvgIpc) is 3.23. The Morgan fingerprint density at radius 1 is 1.11 bits per heavy atom. The number of rotatable bonds is 7. The second-order valence-corrected chi connectivity index (χ2v) is 8.85. The minimum atomic E-state index is -4.35. The molecule has 1 aliphatic rings. The first kappa shape index (κ1) is 24.9. The van der Waals surface area contributed by atoms with Crippen LogP contribution >= 0.6 is 0 Å². The molecule has 9 heteroatoms. The number of nitrogens with zero attached hydrogens (tertiary/aromatic N) is 2. The van der Waals surface area contributed by atoms with Gasteiger partial charge < -0.3 is 15.0 Å². The van der Waals surface area contributed by atoms with Crippen molar-refractivity contribution in [1.82, 2.24) is 20.2 Å². The van der Waals surface area contributed by atoms with E-state index in [9.17, 15) is 18.0 Å². The zero-order chi connectivity index (χ0) is 25.0. The van der Waals surface area contributed by atoms with Gasteiger partial charge in [-0.3, -0.25) is 4.90 Å². The third-order valence-corrected chi connectivity index (χ3v) is 6.40. The van der Waals surface area contributed by atoms with Crippen LogP contribution in [-0.4, -0.2) is 47.1 Å². The number of imidazole rings is 1. The lowest BCUT2D eigenvalue weighted by Gasteiger charge is -2.32. The highest BCUT2D eigenvalue weighted by Gasteiger charge is 2.30. The number of hydrogen-bond donors (Lipinski definition) is 2. The topological polar surface area (TPSA) is 70.2 Å². The van der Waals surface area contributed by atoms with E-state index in [4.69, 9.17) is 4.74 Å². The second-order valence-electron chi connectivity index (χ2n) is 8.85. The maximum atomic E-state index is 12.8. The number of ether oxygens (including phenoxy) is 1. The molecule has 2 N–H and O–H groups in total. The summed E-state index contributed by atoms with van der Waals surface area (Å²) < 4.78 is 43.2. The highest BCUT2D eigenvalue weighted by Crippen LogP contribution is 2.30. The predicted molar refractivity (Wildman–Crippen MR) is 127 cm³/mol. The number of aromatic amines is 1. The SMILES string of the molecule is COC(=O)c1ccc(CNC2CCN(Cc3nc(-c4ccc(C(F)(F)F)cc4)[nH]c3C)CC2)cc1. The van der Waals surface area contributed by atoms with Crippen molar-refractivity contribution in [3.8, 4) is 11.4 Å². The molecule has 0 amide bonds. The number of piperidine rings is 1. The van der Waals surface area contributed by atoms with Gasteiger partial charge in [0.25, 0.3) is 0 Å². The van der Waals surface area contributed by atoms with Gasteiger partial charge in [0.2, 0.25) is 0 Å². The fourth-order valence-electron chi connectivity index (χ4n) is 4.25. The molecule has 0 atom stereocenters. The van der Waals surface area contributed by atoms with E-state index < -0.39 is 11.7 Å². The van der Waals surface area contributed by atoms with Crippen LogP contribution in [0.1, 0.15) is 45.7 Å². The van der Waals surface area contributed by atoms with Crippen molar-refractivity contribution in [2.45, 2.75) is 45.1 Å². The first-order chi connectivity index (χ1) is 16.7. The second kappa shape index (κ2) is 10.6. The predicted octanol–water partition coefficient (Wildman–Crippen LogP) is 4.94. The number of carbonyl (C=O) groups excluding carboxylic acids is 1. The number of methoxy groups -OCH3 is 1. The monoisotopic (exact) mass is 486 g/mol. The molecule has 35 heavy (non-hydrogen) atoms. The van der Waals surface area contributed by atoms with E-state index in [0.717, 1.165) is 61.6 Å². The summed E-state index contributed by atoms with van der Waals surface area (Å²) in [4.78, 5) is 21.8. The van der Waals surface area contributed by atoms with Gasteiger partial charge in [0, 0.05) is 43.5 Å². The quantitative estimate of drug-likeness (QED) is 0.463. The lowest BCUT2D eigenvalue weighted by Crippen LogP contribution is -2.42. The van der Waals surface area contributed by atoms with E-state index in [1.54, 1.807) is 12.1 Å². The van der Waals surface area contributed by atoms with Crippen LogP contribution in [0.3, 0.4) is 0 Å². The van der Waals surface area contributed by atoms with Gasteiger partial charge >= 0.3 is 12.1 Å². The summed E-state index contributed by atoms with van der Waals surface area (Å²) in [5.74, 6) is 0.247. The summed E-state index contributed by atoms with van der Waals surface area (Å²) in [7, 11) is 1.37. The lowest BCUT2D eigenvalue weighted by molar-refractivity contribution is -0.137. The van der Waals surface area contributed by atoms with Crippen molar-refractivity contribution in [3.05, 3.63) is 76.6 Å². The van der Waals surface area contributed by atoms with Gasteiger partial charge in [-0.2, -0.15) is 13.2 Å². The lowest BCUT2D eigenvalue weighted by atomic mass is 10.0. The minimum absolute atomic E-state index is 0.337. The van der Waals surface area contributed by atoms with Gasteiger partial charge in [0.15, 0.2) is 0 Å². The van der Waals surface area contributed by atoms with Crippen molar-refractivity contribution < 1.29 is 22.7 Å². The number of alkyl halides is 3. The first-order valence-electron chi connectivity index (χ1n) is 11.6. The van der Waals surface area contributed by atoms with E-state index in [1.807, 2.05) is 19.1 Å². The Balaban J connectivity index is 1.27. The van der Waals surface area contributed by atoms with Crippen molar-refractivity contribution >= 4 is 5.97 Å². The molecule has 2 heterocycles. The van der Waals surface area contributed by atoms with Crippen molar-refractivity contribution in [2.75, 3.05) is 20.2 Å². The van der Waals surface area contributed by atoms with Gasteiger partial charge in [0.05, 0.1) is 23.9 Å². The first-order valence-corrected chi connectivity index (χ1v) is 11.6. The number of H-pyrrole nitrogens is 1. The van der Waals surface area contributed by atoms with Crippen LogP contribution in [0.5, 0.6) is 0 Å². The highest BCUT2D eigenvalue weighted by molar-refractivity contribution is 5.89. The molecule has 3 aromatic rings. The maximum Gasteiger partial charge on any atom is 0.416 e. The zero-order valence-electron chi connectivity index (χ0n) is 19.8. The van der Waals surface area contributed by atoms with Crippen LogP contribution < -0.4 is 5.32 Å². The van der Waals surface area contributed by atoms with Crippen LogP contribution in [0.25, 0.3) is 11.4 Å². The van der Waals surface area contributed by atoms with Gasteiger partial charge in [0.1, 0.15) is 5.82 Å². The largest absolute Gasteiger partial charge is 0.465 e. The average molecular weight is 487 g/mol. The summed E-state index contributed by atoms with van der Waals surface area (Å²) in [5.41, 5.74) is 3.46. The summed E-state index contributed by atoms with van der Waals surface area (Å²) in [6.45, 7) is 5.24. The van der Waals surface area contributed by atoms with Crippen LogP contribution in [0.4, 0.5) is 13.2 Å². The Hall–Kier alpha value is -3.17. The highest BCUT2D eigenvalue weighted by atomic mass is 19.4. The van der Waals surface area contributed by atoms with E-state index >= 15 is 0 Å². The molecule has 1 fully saturated rings. The maximum absolute atomic E-state index is 12.8. The summed E-state index contributed by atoms with van der Waals surface area (Å²) in [6, 6.07) is 12.9. The Morgan fingerprint density at radius 2 is 1.77 bits per heavy atom. The third kappa shape index (κ3) is 6.29. The number of nitrogens with one attached hydrogen (secondary N) is 2. The number of aryl methyl sites for hydroxylation is 1. The Kier molecular flexibility index (Phi) is 7.57. The summed E-state index contributed by atoms with van der Waals surface area (Å²) >= 11 is 0. The Bertz CT molecular complexity index is 1130. The van der Waals surface area contributed by atoms with Crippen LogP contribution in [0.15, 0.2) is 48.5 Å². The van der Waals surface area contributed by atoms with Gasteiger partial charge in [-0.25, -0.2) is 9.78 Å². The minimum Gasteiger partial charge on any atom is -0.465 e. The van der Waals surface area contributed by atoms with E-state index in [-0.39, 0.29) is 5.97 Å². The van der Waals surface area contributed by atoms with Crippen LogP contribution in [0.2, 0.25) is 0 Å². The number of benzene rings is 2. The van der Waals surface area contributed by atoms with Crippen molar-refractivity contribution in [3.63, 3.8) is 0 Å². The molecule has 0 unspecified atom stereocenters. The Morgan fingerprint density at radius 3 is 2.37 bits per heavy atom. The molecule has 186 valence electrons. The zero-order valence-corrected chi connectivity index (χ0v) is 19.8. The van der Waals surface area contributed by atoms with Crippen molar-refractivity contribution in [1.29, 1.82) is 0 Å². The molecule has 0 bridgehead atoms. The molecular weight excluding hydrogens is 457 g/mol. The van der Waals surface area contributed by atoms with Gasteiger partial charge in [-0.1, -0.05) is 24.3 Å². The molecule has 0 aliphatic carbocycles. The van der Waals surface area contributed by atoms with Gasteiger partial charge in [-0.15, -0.1) is 0 Å². The third-order valence-electron chi connectivity index (χ3n) is 6.40. The number of aromatic nitrogens is 2. The fourth-order valence-corrected chi connectivity index (χ4v) is 4.25. The molecule has 0 spiro atoms. The standard InChI is InChI=1S/C26H29F3N4O2/c1-17-23(32-24(31-17)19-7-9-21(10-8-19)26(27,28)29)16-33-13-11-22(12-14-33)30-15-18-3-5-20(6-4-18)25(34)35-2/h3-10,22,30H,11-16H2,1-2H3,(H,31,32). The molecular formula is C26H29F3N4O2. The molecule has 1 aromatic heterocycles.